The number of nitrogens with zero attached hydrogens (tertiary/aromatic N) is 5. The Morgan fingerprint density at radius 2 is 1.74 bits per heavy atom. The summed E-state index contributed by atoms with van der Waals surface area (Å²) in [6.45, 7) is 9.14. The number of hydrogen-bond donors (Lipinski definition) is 0. The van der Waals surface area contributed by atoms with Crippen LogP contribution < -0.4 is 4.90 Å². The maximum atomic E-state index is 9.94. The molecule has 0 fully saturated rings. The molecule has 34 heavy (non-hydrogen) atoms. The standard InChI is InChI=1S/C29H31N5/c1-5-24(17-30)34-25-10-8-7-9-22(25)12-13-23-16-21(11-14-26(23)34)18-33-27(6-2)32-28-19(3)15-20(4)31-29(28)33/h7-11,14-16,24H,5-6,12-13,18H2,1-4H3. The first-order valence-corrected chi connectivity index (χ1v) is 12.3. The van der Waals surface area contributed by atoms with Crippen molar-refractivity contribution in [2.75, 3.05) is 4.90 Å². The molecule has 3 heterocycles. The van der Waals surface area contributed by atoms with E-state index in [1.807, 2.05) is 6.92 Å². The minimum Gasteiger partial charge on any atom is -0.324 e. The highest BCUT2D eigenvalue weighted by Gasteiger charge is 2.26. The lowest BCUT2D eigenvalue weighted by Crippen LogP contribution is -2.30. The SMILES string of the molecule is CCc1nc2c(C)cc(C)nc2n1Cc1ccc2c(c1)CCc1ccccc1N2C(C#N)CC. The van der Waals surface area contributed by atoms with Gasteiger partial charge in [0, 0.05) is 23.5 Å². The molecule has 0 saturated carbocycles. The third-order valence-electron chi connectivity index (χ3n) is 6.92. The number of nitriles is 1. The summed E-state index contributed by atoms with van der Waals surface area (Å²) in [5.41, 5.74) is 10.3. The lowest BCUT2D eigenvalue weighted by molar-refractivity contribution is 0.742. The van der Waals surface area contributed by atoms with E-state index in [1.165, 1.54) is 22.3 Å². The second-order valence-corrected chi connectivity index (χ2v) is 9.24. The smallest absolute Gasteiger partial charge is 0.160 e. The molecule has 0 amide bonds. The van der Waals surface area contributed by atoms with Crippen molar-refractivity contribution < 1.29 is 0 Å². The molecule has 5 nitrogen and oxygen atoms in total. The number of anilines is 2. The van der Waals surface area contributed by atoms with Crippen molar-refractivity contribution in [1.82, 2.24) is 14.5 Å². The molecular formula is C29H31N5. The van der Waals surface area contributed by atoms with Crippen LogP contribution in [0.1, 0.15) is 54.0 Å². The minimum atomic E-state index is -0.191. The van der Waals surface area contributed by atoms with Gasteiger partial charge in [0.2, 0.25) is 0 Å². The van der Waals surface area contributed by atoms with E-state index in [0.717, 1.165) is 66.3 Å². The van der Waals surface area contributed by atoms with E-state index in [4.69, 9.17) is 9.97 Å². The van der Waals surface area contributed by atoms with Gasteiger partial charge in [-0.1, -0.05) is 44.2 Å². The second-order valence-electron chi connectivity index (χ2n) is 9.24. The van der Waals surface area contributed by atoms with E-state index >= 15 is 0 Å². The van der Waals surface area contributed by atoms with Crippen LogP contribution in [-0.2, 0) is 25.8 Å². The Morgan fingerprint density at radius 1 is 0.971 bits per heavy atom. The van der Waals surface area contributed by atoms with Gasteiger partial charge in [-0.2, -0.15) is 5.26 Å². The summed E-state index contributed by atoms with van der Waals surface area (Å²) in [6, 6.07) is 19.7. The highest BCUT2D eigenvalue weighted by Crippen LogP contribution is 2.38. The predicted molar refractivity (Wildman–Crippen MR) is 138 cm³/mol. The fourth-order valence-electron chi connectivity index (χ4n) is 5.26. The molecule has 5 rings (SSSR count). The predicted octanol–water partition coefficient (Wildman–Crippen LogP) is 6.20. The zero-order valence-corrected chi connectivity index (χ0v) is 20.5. The fourth-order valence-corrected chi connectivity index (χ4v) is 5.26. The van der Waals surface area contributed by atoms with Crippen LogP contribution in [0.15, 0.2) is 48.5 Å². The molecule has 172 valence electrons. The number of fused-ring (bicyclic) bond motifs is 3. The number of benzene rings is 2. The number of rotatable bonds is 5. The summed E-state index contributed by atoms with van der Waals surface area (Å²) >= 11 is 0. The molecule has 0 bridgehead atoms. The first-order chi connectivity index (χ1) is 16.5. The highest BCUT2D eigenvalue weighted by atomic mass is 15.2. The zero-order valence-electron chi connectivity index (χ0n) is 20.5. The zero-order chi connectivity index (χ0) is 23.8. The fraction of sp³-hybridized carbons (Fsp3) is 0.345. The van der Waals surface area contributed by atoms with Crippen molar-refractivity contribution in [1.29, 1.82) is 5.26 Å². The Bertz CT molecular complexity index is 1410. The van der Waals surface area contributed by atoms with Gasteiger partial charge in [-0.25, -0.2) is 9.97 Å². The van der Waals surface area contributed by atoms with Gasteiger partial charge in [-0.05, 0) is 73.6 Å². The third-order valence-corrected chi connectivity index (χ3v) is 6.92. The Morgan fingerprint density at radius 3 is 2.50 bits per heavy atom. The molecule has 1 atom stereocenters. The van der Waals surface area contributed by atoms with Gasteiger partial charge in [0.25, 0.3) is 0 Å². The van der Waals surface area contributed by atoms with Crippen molar-refractivity contribution in [3.63, 3.8) is 0 Å². The van der Waals surface area contributed by atoms with Gasteiger partial charge in [0.15, 0.2) is 5.65 Å². The normalized spacial score (nSPS) is 13.8. The molecule has 0 aliphatic carbocycles. The van der Waals surface area contributed by atoms with E-state index < -0.39 is 0 Å². The molecular weight excluding hydrogens is 418 g/mol. The van der Waals surface area contributed by atoms with E-state index in [-0.39, 0.29) is 6.04 Å². The Kier molecular flexibility index (Phi) is 5.83. The molecule has 0 saturated heterocycles. The van der Waals surface area contributed by atoms with Crippen LogP contribution in [0, 0.1) is 25.2 Å². The number of aryl methyl sites for hydroxylation is 5. The number of imidazole rings is 1. The van der Waals surface area contributed by atoms with Crippen molar-refractivity contribution in [2.24, 2.45) is 0 Å². The Labute approximate surface area is 201 Å². The van der Waals surface area contributed by atoms with E-state index in [0.29, 0.717) is 0 Å². The first kappa shape index (κ1) is 22.2. The van der Waals surface area contributed by atoms with E-state index in [9.17, 15) is 5.26 Å². The molecule has 2 aromatic heterocycles. The summed E-state index contributed by atoms with van der Waals surface area (Å²) in [5.74, 6) is 1.07. The summed E-state index contributed by atoms with van der Waals surface area (Å²) in [4.78, 5) is 12.0. The van der Waals surface area contributed by atoms with Gasteiger partial charge in [0.1, 0.15) is 17.4 Å². The van der Waals surface area contributed by atoms with Crippen LogP contribution in [0.5, 0.6) is 0 Å². The van der Waals surface area contributed by atoms with Gasteiger partial charge >= 0.3 is 0 Å². The molecule has 0 N–H and O–H groups in total. The number of pyridine rings is 1. The molecule has 0 spiro atoms. The lowest BCUT2D eigenvalue weighted by atomic mass is 10.0. The van der Waals surface area contributed by atoms with Gasteiger partial charge in [-0.3, -0.25) is 0 Å². The van der Waals surface area contributed by atoms with Gasteiger partial charge < -0.3 is 9.47 Å². The molecule has 2 aromatic carbocycles. The summed E-state index contributed by atoms with van der Waals surface area (Å²) in [6.07, 6.45) is 3.57. The largest absolute Gasteiger partial charge is 0.324 e. The molecule has 1 aliphatic rings. The van der Waals surface area contributed by atoms with E-state index in [1.54, 1.807) is 0 Å². The average Bonchev–Trinajstić information content (AvgIpc) is 3.10. The minimum absolute atomic E-state index is 0.191. The average molecular weight is 450 g/mol. The summed E-state index contributed by atoms with van der Waals surface area (Å²) < 4.78 is 2.27. The number of aromatic nitrogens is 3. The number of para-hydroxylation sites is 1. The molecule has 1 unspecified atom stereocenters. The lowest BCUT2D eigenvalue weighted by Gasteiger charge is -2.30. The summed E-state index contributed by atoms with van der Waals surface area (Å²) in [7, 11) is 0. The van der Waals surface area contributed by atoms with E-state index in [2.05, 4.69) is 84.8 Å². The van der Waals surface area contributed by atoms with Crippen molar-refractivity contribution in [2.45, 2.75) is 66.0 Å². The maximum absolute atomic E-state index is 9.94. The Balaban J connectivity index is 1.59. The second kappa shape index (κ2) is 8.95. The monoisotopic (exact) mass is 449 g/mol. The van der Waals surface area contributed by atoms with Crippen molar-refractivity contribution in [3.8, 4) is 6.07 Å². The molecule has 4 aromatic rings. The first-order valence-electron chi connectivity index (χ1n) is 12.3. The highest BCUT2D eigenvalue weighted by molar-refractivity contribution is 5.76. The molecule has 1 aliphatic heterocycles. The Hall–Kier alpha value is -3.65. The molecule has 0 radical (unpaired) electrons. The van der Waals surface area contributed by atoms with Crippen molar-refractivity contribution in [3.05, 3.63) is 82.3 Å². The third kappa shape index (κ3) is 3.74. The van der Waals surface area contributed by atoms with Crippen molar-refractivity contribution >= 4 is 22.5 Å². The van der Waals surface area contributed by atoms with Crippen LogP contribution in [0.25, 0.3) is 11.2 Å². The van der Waals surface area contributed by atoms with Crippen LogP contribution in [0.3, 0.4) is 0 Å². The van der Waals surface area contributed by atoms with Gasteiger partial charge in [-0.15, -0.1) is 0 Å². The van der Waals surface area contributed by atoms with Crippen LogP contribution in [-0.4, -0.2) is 20.6 Å². The van der Waals surface area contributed by atoms with Crippen LogP contribution >= 0.6 is 0 Å². The van der Waals surface area contributed by atoms with Crippen LogP contribution in [0.4, 0.5) is 11.4 Å². The quantitative estimate of drug-likeness (QED) is 0.364. The molecule has 5 heteroatoms. The van der Waals surface area contributed by atoms with Crippen LogP contribution in [0.2, 0.25) is 0 Å². The summed E-state index contributed by atoms with van der Waals surface area (Å²) in [5, 5.41) is 9.94. The maximum Gasteiger partial charge on any atom is 0.160 e. The topological polar surface area (TPSA) is 57.7 Å². The van der Waals surface area contributed by atoms with Gasteiger partial charge in [0.05, 0.1) is 12.6 Å². The number of hydrogen-bond acceptors (Lipinski definition) is 4.